The van der Waals surface area contributed by atoms with Gasteiger partial charge in [0.15, 0.2) is 11.4 Å². The van der Waals surface area contributed by atoms with E-state index in [-0.39, 0.29) is 21.5 Å². The van der Waals surface area contributed by atoms with Crippen molar-refractivity contribution in [1.82, 2.24) is 19.6 Å². The number of halogens is 4. The standard InChI is InChI=1S/C14H15BrF3N5O3/c1-4-22-5-8(11(20-22)13(25)26-3)19-9(24)6-23-7(2)10(15)12(21-23)14(16,17)18/h5H,4,6H2,1-3H3,(H,19,24). The summed E-state index contributed by atoms with van der Waals surface area (Å²) in [4.78, 5) is 23.9. The number of hydrogen-bond acceptors (Lipinski definition) is 5. The molecule has 0 bridgehead atoms. The number of ether oxygens (including phenoxy) is 1. The number of carbonyl (C=O) groups excluding carboxylic acids is 2. The molecule has 2 heterocycles. The van der Waals surface area contributed by atoms with Gasteiger partial charge in [-0.25, -0.2) is 4.79 Å². The van der Waals surface area contributed by atoms with Crippen LogP contribution in [0.4, 0.5) is 18.9 Å². The van der Waals surface area contributed by atoms with Gasteiger partial charge in [-0.15, -0.1) is 0 Å². The summed E-state index contributed by atoms with van der Waals surface area (Å²) in [7, 11) is 1.17. The largest absolute Gasteiger partial charge is 0.464 e. The number of aromatic nitrogens is 4. The van der Waals surface area contributed by atoms with Gasteiger partial charge in [0.1, 0.15) is 6.54 Å². The third-order valence-corrected chi connectivity index (χ3v) is 4.38. The fourth-order valence-electron chi connectivity index (χ4n) is 2.11. The highest BCUT2D eigenvalue weighted by atomic mass is 79.9. The van der Waals surface area contributed by atoms with Gasteiger partial charge in [-0.05, 0) is 29.8 Å². The Kier molecular flexibility index (Phi) is 5.74. The highest BCUT2D eigenvalue weighted by Gasteiger charge is 2.38. The molecule has 0 saturated carbocycles. The van der Waals surface area contributed by atoms with E-state index in [1.165, 1.54) is 24.9 Å². The molecule has 2 rings (SSSR count). The molecule has 12 heteroatoms. The van der Waals surface area contributed by atoms with Crippen LogP contribution in [0.2, 0.25) is 0 Å². The zero-order valence-corrected chi connectivity index (χ0v) is 15.6. The van der Waals surface area contributed by atoms with E-state index in [0.29, 0.717) is 6.54 Å². The minimum absolute atomic E-state index is 0.1000. The predicted octanol–water partition coefficient (Wildman–Crippen LogP) is 2.61. The van der Waals surface area contributed by atoms with Crippen LogP contribution in [0.5, 0.6) is 0 Å². The van der Waals surface area contributed by atoms with E-state index in [2.05, 4.69) is 36.2 Å². The lowest BCUT2D eigenvalue weighted by molar-refractivity contribution is -0.142. The average molecular weight is 438 g/mol. The van der Waals surface area contributed by atoms with Gasteiger partial charge >= 0.3 is 12.1 Å². The normalized spacial score (nSPS) is 11.5. The number of nitrogens with one attached hydrogen (secondary N) is 1. The molecular formula is C14H15BrF3N5O3. The summed E-state index contributed by atoms with van der Waals surface area (Å²) in [5.74, 6) is -1.41. The van der Waals surface area contributed by atoms with Crippen molar-refractivity contribution in [1.29, 1.82) is 0 Å². The highest BCUT2D eigenvalue weighted by Crippen LogP contribution is 2.35. The van der Waals surface area contributed by atoms with Crippen molar-refractivity contribution in [3.63, 3.8) is 0 Å². The van der Waals surface area contributed by atoms with Crippen LogP contribution in [0.25, 0.3) is 0 Å². The molecule has 8 nitrogen and oxygen atoms in total. The van der Waals surface area contributed by atoms with Crippen molar-refractivity contribution in [3.8, 4) is 0 Å². The molecule has 1 amide bonds. The predicted molar refractivity (Wildman–Crippen MR) is 87.5 cm³/mol. The molecule has 1 N–H and O–H groups in total. The molecule has 26 heavy (non-hydrogen) atoms. The lowest BCUT2D eigenvalue weighted by Crippen LogP contribution is -2.21. The Bertz CT molecular complexity index is 844. The molecule has 2 aromatic heterocycles. The molecule has 0 atom stereocenters. The van der Waals surface area contributed by atoms with Crippen molar-refractivity contribution in [3.05, 3.63) is 27.8 Å². The van der Waals surface area contributed by atoms with Crippen LogP contribution in [0.15, 0.2) is 10.7 Å². The summed E-state index contributed by atoms with van der Waals surface area (Å²) < 4.78 is 45.3. The summed E-state index contributed by atoms with van der Waals surface area (Å²) in [6, 6.07) is 0. The van der Waals surface area contributed by atoms with Crippen LogP contribution in [-0.4, -0.2) is 38.5 Å². The maximum Gasteiger partial charge on any atom is 0.436 e. The fourth-order valence-corrected chi connectivity index (χ4v) is 2.62. The van der Waals surface area contributed by atoms with Crippen molar-refractivity contribution < 1.29 is 27.5 Å². The first-order chi connectivity index (χ1) is 12.1. The van der Waals surface area contributed by atoms with Crippen LogP contribution in [0.3, 0.4) is 0 Å². The maximum atomic E-state index is 12.9. The molecule has 0 aromatic carbocycles. The lowest BCUT2D eigenvalue weighted by atomic mass is 10.3. The monoisotopic (exact) mass is 437 g/mol. The van der Waals surface area contributed by atoms with E-state index in [9.17, 15) is 22.8 Å². The van der Waals surface area contributed by atoms with Crippen LogP contribution in [0, 0.1) is 6.92 Å². The second-order valence-corrected chi connectivity index (χ2v) is 5.98. The topological polar surface area (TPSA) is 91.0 Å². The Labute approximate surface area is 154 Å². The molecule has 0 aliphatic rings. The van der Waals surface area contributed by atoms with Crippen LogP contribution in [-0.2, 0) is 28.8 Å². The zero-order valence-electron chi connectivity index (χ0n) is 14.0. The van der Waals surface area contributed by atoms with Crippen molar-refractivity contribution in [2.45, 2.75) is 33.1 Å². The van der Waals surface area contributed by atoms with Gasteiger partial charge in [-0.1, -0.05) is 0 Å². The Morgan fingerprint density at radius 2 is 2.00 bits per heavy atom. The van der Waals surface area contributed by atoms with Gasteiger partial charge in [0.2, 0.25) is 5.91 Å². The number of hydrogen-bond donors (Lipinski definition) is 1. The first-order valence-corrected chi connectivity index (χ1v) is 8.13. The third kappa shape index (κ3) is 4.06. The van der Waals surface area contributed by atoms with Crippen molar-refractivity contribution in [2.24, 2.45) is 0 Å². The number of rotatable bonds is 5. The minimum atomic E-state index is -4.65. The first kappa shape index (κ1) is 19.9. The fraction of sp³-hybridized carbons (Fsp3) is 0.429. The second-order valence-electron chi connectivity index (χ2n) is 5.19. The highest BCUT2D eigenvalue weighted by molar-refractivity contribution is 9.10. The quantitative estimate of drug-likeness (QED) is 0.725. The number of anilines is 1. The van der Waals surface area contributed by atoms with Crippen molar-refractivity contribution >= 4 is 33.5 Å². The first-order valence-electron chi connectivity index (χ1n) is 7.34. The molecule has 0 aliphatic heterocycles. The molecule has 2 aromatic rings. The Balaban J connectivity index is 2.23. The summed E-state index contributed by atoms with van der Waals surface area (Å²) >= 11 is 2.84. The van der Waals surface area contributed by atoms with E-state index in [0.717, 1.165) is 4.68 Å². The SMILES string of the molecule is CCn1cc(NC(=O)Cn2nc(C(F)(F)F)c(Br)c2C)c(C(=O)OC)n1. The molecular weight excluding hydrogens is 423 g/mol. The molecule has 142 valence electrons. The lowest BCUT2D eigenvalue weighted by Gasteiger charge is -2.06. The number of aryl methyl sites for hydroxylation is 1. The number of amides is 1. The Morgan fingerprint density at radius 1 is 1.35 bits per heavy atom. The van der Waals surface area contributed by atoms with Gasteiger partial charge in [0.25, 0.3) is 0 Å². The summed E-state index contributed by atoms with van der Waals surface area (Å²) in [5, 5.41) is 9.85. The number of esters is 1. The third-order valence-electron chi connectivity index (χ3n) is 3.43. The van der Waals surface area contributed by atoms with Gasteiger partial charge in [-0.3, -0.25) is 14.2 Å². The number of alkyl halides is 3. The summed E-state index contributed by atoms with van der Waals surface area (Å²) in [6.07, 6.45) is -3.22. The summed E-state index contributed by atoms with van der Waals surface area (Å²) in [5.41, 5.74) is -0.970. The van der Waals surface area contributed by atoms with Crippen LogP contribution < -0.4 is 5.32 Å². The van der Waals surface area contributed by atoms with Crippen molar-refractivity contribution in [2.75, 3.05) is 12.4 Å². The summed E-state index contributed by atoms with van der Waals surface area (Å²) in [6.45, 7) is 3.15. The Hall–Kier alpha value is -2.37. The van der Waals surface area contributed by atoms with E-state index in [1.54, 1.807) is 6.92 Å². The number of methoxy groups -OCH3 is 1. The second kappa shape index (κ2) is 7.48. The van der Waals surface area contributed by atoms with E-state index < -0.39 is 30.3 Å². The zero-order chi connectivity index (χ0) is 19.6. The van der Waals surface area contributed by atoms with Crippen LogP contribution in [0.1, 0.15) is 28.8 Å². The molecule has 0 saturated heterocycles. The van der Waals surface area contributed by atoms with Gasteiger partial charge in [0.05, 0.1) is 23.0 Å². The van der Waals surface area contributed by atoms with E-state index in [1.807, 2.05) is 0 Å². The Morgan fingerprint density at radius 3 is 2.50 bits per heavy atom. The molecule has 0 unspecified atom stereocenters. The molecule has 0 aliphatic carbocycles. The van der Waals surface area contributed by atoms with Crippen LogP contribution >= 0.6 is 15.9 Å². The average Bonchev–Trinajstić information content (AvgIpc) is 3.09. The molecule has 0 fully saturated rings. The molecule has 0 radical (unpaired) electrons. The molecule has 0 spiro atoms. The van der Waals surface area contributed by atoms with Gasteiger partial charge in [-0.2, -0.15) is 23.4 Å². The van der Waals surface area contributed by atoms with Gasteiger partial charge < -0.3 is 10.1 Å². The number of nitrogens with zero attached hydrogens (tertiary/aromatic N) is 4. The van der Waals surface area contributed by atoms with Gasteiger partial charge in [0, 0.05) is 12.7 Å². The minimum Gasteiger partial charge on any atom is -0.464 e. The van der Waals surface area contributed by atoms with E-state index >= 15 is 0 Å². The maximum absolute atomic E-state index is 12.9. The smallest absolute Gasteiger partial charge is 0.436 e. The number of carbonyl (C=O) groups is 2. The van der Waals surface area contributed by atoms with E-state index in [4.69, 9.17) is 0 Å².